The molecule has 0 aliphatic heterocycles. The molecule has 1 aromatic rings. The zero-order valence-electron chi connectivity index (χ0n) is 11.2. The lowest BCUT2D eigenvalue weighted by Crippen LogP contribution is -2.38. The van der Waals surface area contributed by atoms with Crippen LogP contribution < -0.4 is 5.73 Å². The highest BCUT2D eigenvalue weighted by Gasteiger charge is 2.18. The van der Waals surface area contributed by atoms with Crippen LogP contribution in [0.4, 0.5) is 0 Å². The molecule has 0 amide bonds. The number of nitrogens with two attached hydrogens (primary N) is 1. The zero-order chi connectivity index (χ0) is 12.7. The van der Waals surface area contributed by atoms with Crippen LogP contribution in [-0.2, 0) is 17.7 Å². The van der Waals surface area contributed by atoms with Crippen molar-refractivity contribution in [3.8, 4) is 0 Å². The van der Waals surface area contributed by atoms with Crippen molar-refractivity contribution < 1.29 is 4.74 Å². The van der Waals surface area contributed by atoms with Gasteiger partial charge in [-0.3, -0.25) is 4.68 Å². The van der Waals surface area contributed by atoms with Gasteiger partial charge in [-0.1, -0.05) is 13.3 Å². The van der Waals surface area contributed by atoms with Gasteiger partial charge in [0.1, 0.15) is 0 Å². The average molecular weight is 239 g/mol. The van der Waals surface area contributed by atoms with Crippen molar-refractivity contribution in [2.24, 2.45) is 5.73 Å². The van der Waals surface area contributed by atoms with Gasteiger partial charge in [0.05, 0.1) is 12.3 Å². The van der Waals surface area contributed by atoms with Crippen LogP contribution >= 0.6 is 0 Å². The van der Waals surface area contributed by atoms with E-state index in [1.807, 2.05) is 17.8 Å². The van der Waals surface area contributed by atoms with Gasteiger partial charge in [-0.15, -0.1) is 0 Å². The van der Waals surface area contributed by atoms with Crippen LogP contribution in [0.1, 0.15) is 39.2 Å². The molecule has 0 bridgehead atoms. The van der Waals surface area contributed by atoms with Gasteiger partial charge in [-0.05, 0) is 32.3 Å². The van der Waals surface area contributed by atoms with E-state index in [9.17, 15) is 0 Å². The predicted molar refractivity (Wildman–Crippen MR) is 69.9 cm³/mol. The molecule has 2 atom stereocenters. The molecule has 17 heavy (non-hydrogen) atoms. The Morgan fingerprint density at radius 1 is 1.41 bits per heavy atom. The highest BCUT2D eigenvalue weighted by Crippen LogP contribution is 2.11. The van der Waals surface area contributed by atoms with E-state index in [0.29, 0.717) is 0 Å². The fraction of sp³-hybridized carbons (Fsp3) is 0.769. The Hall–Kier alpha value is -0.870. The molecule has 1 rings (SSSR count). The predicted octanol–water partition coefficient (Wildman–Crippen LogP) is 1.98. The second-order valence-electron chi connectivity index (χ2n) is 4.35. The maximum Gasteiger partial charge on any atom is 0.0728 e. The first kappa shape index (κ1) is 14.2. The van der Waals surface area contributed by atoms with Crippen LogP contribution in [0.3, 0.4) is 0 Å². The van der Waals surface area contributed by atoms with Crippen molar-refractivity contribution >= 4 is 0 Å². The van der Waals surface area contributed by atoms with E-state index < -0.39 is 0 Å². The summed E-state index contributed by atoms with van der Waals surface area (Å²) < 4.78 is 7.63. The van der Waals surface area contributed by atoms with Gasteiger partial charge in [0, 0.05) is 25.4 Å². The summed E-state index contributed by atoms with van der Waals surface area (Å²) in [4.78, 5) is 0. The number of rotatable bonds is 8. The molecule has 0 saturated heterocycles. The quantitative estimate of drug-likeness (QED) is 0.754. The van der Waals surface area contributed by atoms with Crippen molar-refractivity contribution in [3.63, 3.8) is 0 Å². The maximum atomic E-state index is 6.21. The Balaban J connectivity index is 2.52. The molecule has 0 aromatic carbocycles. The molecule has 98 valence electrons. The van der Waals surface area contributed by atoms with E-state index in [2.05, 4.69) is 25.1 Å². The molecule has 0 fully saturated rings. The average Bonchev–Trinajstić information content (AvgIpc) is 2.76. The summed E-state index contributed by atoms with van der Waals surface area (Å²) in [7, 11) is 0. The summed E-state index contributed by atoms with van der Waals surface area (Å²) in [5, 5.41) is 4.26. The van der Waals surface area contributed by atoms with E-state index >= 15 is 0 Å². The Kier molecular flexibility index (Phi) is 6.22. The van der Waals surface area contributed by atoms with Crippen LogP contribution in [0.2, 0.25) is 0 Å². The summed E-state index contributed by atoms with van der Waals surface area (Å²) in [6.45, 7) is 7.89. The molecule has 0 aliphatic rings. The second kappa shape index (κ2) is 7.45. The first-order valence-corrected chi connectivity index (χ1v) is 6.59. The Labute approximate surface area is 104 Å². The molecule has 4 heteroatoms. The second-order valence-corrected chi connectivity index (χ2v) is 4.35. The van der Waals surface area contributed by atoms with Crippen LogP contribution in [0, 0.1) is 0 Å². The zero-order valence-corrected chi connectivity index (χ0v) is 11.2. The summed E-state index contributed by atoms with van der Waals surface area (Å²) in [5.74, 6) is 0. The molecular formula is C13H25N3O. The molecule has 4 nitrogen and oxygen atoms in total. The number of ether oxygens (including phenoxy) is 1. The van der Waals surface area contributed by atoms with Crippen molar-refractivity contribution in [2.75, 3.05) is 6.61 Å². The smallest absolute Gasteiger partial charge is 0.0728 e. The van der Waals surface area contributed by atoms with E-state index in [0.717, 1.165) is 32.4 Å². The number of hydrogen-bond acceptors (Lipinski definition) is 3. The van der Waals surface area contributed by atoms with Crippen LogP contribution in [0.15, 0.2) is 12.4 Å². The molecule has 1 heterocycles. The summed E-state index contributed by atoms with van der Waals surface area (Å²) >= 11 is 0. The molecule has 0 radical (unpaired) electrons. The number of aryl methyl sites for hydroxylation is 1. The molecule has 2 N–H and O–H groups in total. The monoisotopic (exact) mass is 239 g/mol. The first-order chi connectivity index (χ1) is 8.21. The Bertz CT molecular complexity index is 305. The van der Waals surface area contributed by atoms with Crippen molar-refractivity contribution in [3.05, 3.63) is 18.0 Å². The third-order valence-corrected chi connectivity index (χ3v) is 2.91. The molecule has 0 spiro atoms. The molecule has 0 aliphatic carbocycles. The van der Waals surface area contributed by atoms with Crippen LogP contribution in [0.5, 0.6) is 0 Å². The topological polar surface area (TPSA) is 53.1 Å². The fourth-order valence-electron chi connectivity index (χ4n) is 2.01. The lowest BCUT2D eigenvalue weighted by Gasteiger charge is -2.23. The lowest BCUT2D eigenvalue weighted by molar-refractivity contribution is 0.0378. The molecule has 2 unspecified atom stereocenters. The maximum absolute atomic E-state index is 6.21. The largest absolute Gasteiger partial charge is 0.377 e. The highest BCUT2D eigenvalue weighted by atomic mass is 16.5. The van der Waals surface area contributed by atoms with Gasteiger partial charge in [-0.25, -0.2) is 0 Å². The standard InChI is InChI=1S/C13H25N3O/c1-4-7-13(17-6-3)12(14)8-11-9-15-16(5-2)10-11/h9-10,12-13H,4-8,14H2,1-3H3. The number of aromatic nitrogens is 2. The first-order valence-electron chi connectivity index (χ1n) is 6.59. The normalized spacial score (nSPS) is 14.8. The van der Waals surface area contributed by atoms with Gasteiger partial charge >= 0.3 is 0 Å². The summed E-state index contributed by atoms with van der Waals surface area (Å²) in [6, 6.07) is 0.0596. The minimum absolute atomic E-state index is 0.0596. The summed E-state index contributed by atoms with van der Waals surface area (Å²) in [6.07, 6.45) is 7.09. The molecule has 1 aromatic heterocycles. The fourth-order valence-corrected chi connectivity index (χ4v) is 2.01. The van der Waals surface area contributed by atoms with Gasteiger partial charge in [-0.2, -0.15) is 5.10 Å². The van der Waals surface area contributed by atoms with Crippen molar-refractivity contribution in [1.29, 1.82) is 0 Å². The SMILES string of the molecule is CCCC(OCC)C(N)Cc1cnn(CC)c1. The van der Waals surface area contributed by atoms with E-state index in [1.165, 1.54) is 5.56 Å². The molecular weight excluding hydrogens is 214 g/mol. The third kappa shape index (κ3) is 4.48. The number of nitrogens with zero attached hydrogens (tertiary/aromatic N) is 2. The summed E-state index contributed by atoms with van der Waals surface area (Å²) in [5.41, 5.74) is 7.41. The molecule has 0 saturated carbocycles. The van der Waals surface area contributed by atoms with Crippen LogP contribution in [0.25, 0.3) is 0 Å². The third-order valence-electron chi connectivity index (χ3n) is 2.91. The lowest BCUT2D eigenvalue weighted by atomic mass is 10.0. The van der Waals surface area contributed by atoms with Crippen LogP contribution in [-0.4, -0.2) is 28.5 Å². The van der Waals surface area contributed by atoms with Gasteiger partial charge in [0.2, 0.25) is 0 Å². The minimum Gasteiger partial charge on any atom is -0.377 e. The van der Waals surface area contributed by atoms with E-state index in [-0.39, 0.29) is 12.1 Å². The van der Waals surface area contributed by atoms with Gasteiger partial charge in [0.15, 0.2) is 0 Å². The minimum atomic E-state index is 0.0596. The van der Waals surface area contributed by atoms with E-state index in [4.69, 9.17) is 10.5 Å². The van der Waals surface area contributed by atoms with Crippen molar-refractivity contribution in [2.45, 2.75) is 58.7 Å². The van der Waals surface area contributed by atoms with Gasteiger partial charge in [0.25, 0.3) is 0 Å². The van der Waals surface area contributed by atoms with E-state index in [1.54, 1.807) is 0 Å². The highest BCUT2D eigenvalue weighted by molar-refractivity contribution is 5.06. The Morgan fingerprint density at radius 3 is 2.71 bits per heavy atom. The Morgan fingerprint density at radius 2 is 2.18 bits per heavy atom. The van der Waals surface area contributed by atoms with Gasteiger partial charge < -0.3 is 10.5 Å². The number of hydrogen-bond donors (Lipinski definition) is 1. The van der Waals surface area contributed by atoms with Crippen molar-refractivity contribution in [1.82, 2.24) is 9.78 Å².